The van der Waals surface area contributed by atoms with E-state index in [9.17, 15) is 9.59 Å². The van der Waals surface area contributed by atoms with Crippen molar-refractivity contribution in [2.45, 2.75) is 19.0 Å². The average molecular weight is 311 g/mol. The lowest BCUT2D eigenvalue weighted by Gasteiger charge is -2.16. The van der Waals surface area contributed by atoms with E-state index in [0.717, 1.165) is 12.0 Å². The van der Waals surface area contributed by atoms with E-state index in [0.29, 0.717) is 24.7 Å². The number of hydrogen-bond acceptors (Lipinski definition) is 3. The molecule has 0 saturated carbocycles. The number of nitrogens with zero attached hydrogens (tertiary/aromatic N) is 1. The van der Waals surface area contributed by atoms with Crippen LogP contribution in [-0.4, -0.2) is 42.5 Å². The van der Waals surface area contributed by atoms with Crippen LogP contribution in [0.15, 0.2) is 24.3 Å². The van der Waals surface area contributed by atoms with Gasteiger partial charge >= 0.3 is 6.03 Å². The number of benzene rings is 1. The lowest BCUT2D eigenvalue weighted by atomic mass is 10.2. The Morgan fingerprint density at radius 2 is 2.00 bits per heavy atom. The fraction of sp³-hybridized carbons (Fsp3) is 0.429. The maximum absolute atomic E-state index is 11.8. The number of hydrogen-bond donors (Lipinski definition) is 3. The molecule has 6 nitrogen and oxygen atoms in total. The smallest absolute Gasteiger partial charge is 0.315 e. The van der Waals surface area contributed by atoms with Gasteiger partial charge in [0, 0.05) is 30.7 Å². The highest BCUT2D eigenvalue weighted by molar-refractivity contribution is 6.30. The number of nitrogens with one attached hydrogen (secondary N) is 2. The predicted octanol–water partition coefficient (Wildman–Crippen LogP) is 0.699. The molecule has 1 aromatic carbocycles. The fourth-order valence-corrected chi connectivity index (χ4v) is 2.25. The van der Waals surface area contributed by atoms with Crippen LogP contribution in [0, 0.1) is 0 Å². The largest absolute Gasteiger partial charge is 0.340 e. The van der Waals surface area contributed by atoms with Gasteiger partial charge in [0.1, 0.15) is 0 Å². The minimum Gasteiger partial charge on any atom is -0.340 e. The lowest BCUT2D eigenvalue weighted by molar-refractivity contribution is -0.129. The minimum atomic E-state index is -0.373. The Kier molecular flexibility index (Phi) is 5.41. The van der Waals surface area contributed by atoms with Crippen molar-refractivity contribution in [3.05, 3.63) is 34.9 Å². The number of carbonyl (C=O) groups excluding carboxylic acids is 2. The first-order chi connectivity index (χ1) is 10.0. The summed E-state index contributed by atoms with van der Waals surface area (Å²) in [5.74, 6) is -0.107. The van der Waals surface area contributed by atoms with Crippen LogP contribution >= 0.6 is 11.6 Å². The van der Waals surface area contributed by atoms with Gasteiger partial charge in [-0.25, -0.2) is 4.79 Å². The summed E-state index contributed by atoms with van der Waals surface area (Å²) < 4.78 is 0. The molecule has 2 rings (SSSR count). The minimum absolute atomic E-state index is 0.0147. The van der Waals surface area contributed by atoms with Crippen LogP contribution in [0.25, 0.3) is 0 Å². The highest BCUT2D eigenvalue weighted by Crippen LogP contribution is 2.09. The zero-order valence-electron chi connectivity index (χ0n) is 11.6. The van der Waals surface area contributed by atoms with Crippen molar-refractivity contribution in [2.75, 3.05) is 19.6 Å². The quantitative estimate of drug-likeness (QED) is 0.765. The molecular weight excluding hydrogens is 292 g/mol. The van der Waals surface area contributed by atoms with Crippen LogP contribution in [0.5, 0.6) is 0 Å². The van der Waals surface area contributed by atoms with Gasteiger partial charge in [0.15, 0.2) is 0 Å². The Labute approximate surface area is 128 Å². The van der Waals surface area contributed by atoms with Crippen LogP contribution in [0.2, 0.25) is 5.02 Å². The normalized spacial score (nSPS) is 17.6. The summed E-state index contributed by atoms with van der Waals surface area (Å²) >= 11 is 5.78. The molecule has 0 aromatic heterocycles. The van der Waals surface area contributed by atoms with Gasteiger partial charge in [-0.15, -0.1) is 0 Å². The Morgan fingerprint density at radius 1 is 1.29 bits per heavy atom. The third-order valence-corrected chi connectivity index (χ3v) is 3.60. The maximum atomic E-state index is 11.8. The molecule has 0 unspecified atom stereocenters. The summed E-state index contributed by atoms with van der Waals surface area (Å²) in [6, 6.07) is 6.86. The molecule has 21 heavy (non-hydrogen) atoms. The number of nitrogens with two attached hydrogens (primary N) is 1. The predicted molar refractivity (Wildman–Crippen MR) is 80.9 cm³/mol. The summed E-state index contributed by atoms with van der Waals surface area (Å²) in [6.45, 7) is 1.59. The first-order valence-electron chi connectivity index (χ1n) is 6.84. The second kappa shape index (κ2) is 7.28. The first kappa shape index (κ1) is 15.6. The average Bonchev–Trinajstić information content (AvgIpc) is 2.91. The second-order valence-corrected chi connectivity index (χ2v) is 5.49. The van der Waals surface area contributed by atoms with Crippen molar-refractivity contribution >= 4 is 23.5 Å². The molecule has 4 N–H and O–H groups in total. The van der Waals surface area contributed by atoms with Crippen molar-refractivity contribution < 1.29 is 9.59 Å². The van der Waals surface area contributed by atoms with E-state index in [-0.39, 0.29) is 24.5 Å². The molecule has 1 aliphatic heterocycles. The van der Waals surface area contributed by atoms with E-state index in [2.05, 4.69) is 10.6 Å². The summed E-state index contributed by atoms with van der Waals surface area (Å²) in [6.07, 6.45) is 0.814. The highest BCUT2D eigenvalue weighted by atomic mass is 35.5. The molecule has 0 radical (unpaired) electrons. The Balaban J connectivity index is 1.67. The van der Waals surface area contributed by atoms with Crippen LogP contribution in [0.3, 0.4) is 0 Å². The molecule has 1 fully saturated rings. The van der Waals surface area contributed by atoms with E-state index < -0.39 is 0 Å². The second-order valence-electron chi connectivity index (χ2n) is 5.05. The third-order valence-electron chi connectivity index (χ3n) is 3.34. The number of amides is 3. The summed E-state index contributed by atoms with van der Waals surface area (Å²) in [4.78, 5) is 25.1. The van der Waals surface area contributed by atoms with Crippen molar-refractivity contribution in [1.82, 2.24) is 15.5 Å². The molecule has 114 valence electrons. The number of halogens is 1. The van der Waals surface area contributed by atoms with Crippen molar-refractivity contribution in [3.8, 4) is 0 Å². The molecule has 1 saturated heterocycles. The van der Waals surface area contributed by atoms with Crippen molar-refractivity contribution in [2.24, 2.45) is 5.73 Å². The first-order valence-corrected chi connectivity index (χ1v) is 7.22. The van der Waals surface area contributed by atoms with Gasteiger partial charge in [-0.3, -0.25) is 4.79 Å². The maximum Gasteiger partial charge on any atom is 0.315 e. The molecule has 1 aromatic rings. The summed E-state index contributed by atoms with van der Waals surface area (Å²) in [5.41, 5.74) is 6.68. The third kappa shape index (κ3) is 4.91. The van der Waals surface area contributed by atoms with Crippen molar-refractivity contribution in [3.63, 3.8) is 0 Å². The molecule has 0 bridgehead atoms. The Morgan fingerprint density at radius 3 is 2.62 bits per heavy atom. The Hall–Kier alpha value is -1.79. The van der Waals surface area contributed by atoms with Gasteiger partial charge in [0.25, 0.3) is 0 Å². The van der Waals surface area contributed by atoms with Gasteiger partial charge in [-0.05, 0) is 24.1 Å². The zero-order valence-corrected chi connectivity index (χ0v) is 12.4. The summed E-state index contributed by atoms with van der Waals surface area (Å²) in [5, 5.41) is 5.88. The van der Waals surface area contributed by atoms with Gasteiger partial charge in [-0.2, -0.15) is 0 Å². The van der Waals surface area contributed by atoms with E-state index >= 15 is 0 Å². The monoisotopic (exact) mass is 310 g/mol. The van der Waals surface area contributed by atoms with Crippen LogP contribution < -0.4 is 16.4 Å². The molecule has 1 atom stereocenters. The van der Waals surface area contributed by atoms with E-state index in [1.165, 1.54) is 0 Å². The zero-order chi connectivity index (χ0) is 15.2. The van der Waals surface area contributed by atoms with Gasteiger partial charge in [-0.1, -0.05) is 23.7 Å². The highest BCUT2D eigenvalue weighted by Gasteiger charge is 2.23. The molecule has 0 spiro atoms. The standard InChI is InChI=1S/C14H19ClN4O2/c15-11-3-1-10(2-4-11)7-17-14(21)18-8-13(20)19-6-5-12(16)9-19/h1-4,12H,5-9,16H2,(H2,17,18,21)/t12-/m1/s1. The number of carbonyl (C=O) groups is 2. The molecule has 3 amide bonds. The molecular formula is C14H19ClN4O2. The van der Waals surface area contributed by atoms with Crippen LogP contribution in [0.4, 0.5) is 4.79 Å². The van der Waals surface area contributed by atoms with Gasteiger partial charge < -0.3 is 21.3 Å². The van der Waals surface area contributed by atoms with Crippen LogP contribution in [-0.2, 0) is 11.3 Å². The number of urea groups is 1. The molecule has 1 aliphatic rings. The topological polar surface area (TPSA) is 87.5 Å². The van der Waals surface area contributed by atoms with E-state index in [1.807, 2.05) is 12.1 Å². The lowest BCUT2D eigenvalue weighted by Crippen LogP contribution is -2.43. The molecule has 1 heterocycles. The van der Waals surface area contributed by atoms with Crippen LogP contribution in [0.1, 0.15) is 12.0 Å². The number of rotatable bonds is 4. The Bertz CT molecular complexity index is 506. The SMILES string of the molecule is N[C@@H]1CCN(C(=O)CNC(=O)NCc2ccc(Cl)cc2)C1. The number of likely N-dealkylation sites (tertiary alicyclic amines) is 1. The van der Waals surface area contributed by atoms with E-state index in [1.54, 1.807) is 17.0 Å². The summed E-state index contributed by atoms with van der Waals surface area (Å²) in [7, 11) is 0. The van der Waals surface area contributed by atoms with Crippen molar-refractivity contribution in [1.29, 1.82) is 0 Å². The fourth-order valence-electron chi connectivity index (χ4n) is 2.13. The van der Waals surface area contributed by atoms with Gasteiger partial charge in [0.2, 0.25) is 5.91 Å². The molecule has 0 aliphatic carbocycles. The van der Waals surface area contributed by atoms with E-state index in [4.69, 9.17) is 17.3 Å². The molecule has 7 heteroatoms. The van der Waals surface area contributed by atoms with Gasteiger partial charge in [0.05, 0.1) is 6.54 Å².